The summed E-state index contributed by atoms with van der Waals surface area (Å²) in [5.74, 6) is 0.505. The van der Waals surface area contributed by atoms with Crippen LogP contribution in [-0.2, 0) is 10.0 Å². The second kappa shape index (κ2) is 6.70. The molecule has 0 aliphatic heterocycles. The molecule has 6 heteroatoms. The maximum absolute atomic E-state index is 11.8. The van der Waals surface area contributed by atoms with Crippen molar-refractivity contribution in [2.45, 2.75) is 27.2 Å². The van der Waals surface area contributed by atoms with Gasteiger partial charge >= 0.3 is 0 Å². The number of aryl methyl sites for hydroxylation is 2. The van der Waals surface area contributed by atoms with Crippen molar-refractivity contribution in [1.29, 1.82) is 0 Å². The molecular formula is C12H21N3O2S. The lowest BCUT2D eigenvalue weighted by Crippen LogP contribution is -2.22. The highest BCUT2D eigenvalue weighted by molar-refractivity contribution is 7.92. The van der Waals surface area contributed by atoms with Crippen molar-refractivity contribution in [3.63, 3.8) is 0 Å². The van der Waals surface area contributed by atoms with Crippen molar-refractivity contribution in [3.05, 3.63) is 23.4 Å². The van der Waals surface area contributed by atoms with Crippen LogP contribution >= 0.6 is 0 Å². The van der Waals surface area contributed by atoms with Gasteiger partial charge in [-0.25, -0.2) is 13.4 Å². The number of aromatic nitrogens is 1. The Morgan fingerprint density at radius 2 is 2.00 bits per heavy atom. The average Bonchev–Trinajstić information content (AvgIpc) is 2.22. The third-order valence-corrected chi connectivity index (χ3v) is 3.72. The Hall–Kier alpha value is -1.14. The van der Waals surface area contributed by atoms with Gasteiger partial charge in [0.05, 0.1) is 5.75 Å². The number of rotatable bonds is 7. The molecule has 18 heavy (non-hydrogen) atoms. The Balaban J connectivity index is 2.59. The van der Waals surface area contributed by atoms with Crippen LogP contribution in [0.2, 0.25) is 0 Å². The molecule has 0 amide bonds. The van der Waals surface area contributed by atoms with Crippen LogP contribution < -0.4 is 10.0 Å². The Labute approximate surface area is 109 Å². The minimum Gasteiger partial charge on any atom is -0.317 e. The van der Waals surface area contributed by atoms with Gasteiger partial charge in [-0.1, -0.05) is 6.92 Å². The van der Waals surface area contributed by atoms with Gasteiger partial charge in [-0.15, -0.1) is 0 Å². The number of nitrogens with zero attached hydrogens (tertiary/aromatic N) is 1. The highest BCUT2D eigenvalue weighted by atomic mass is 32.2. The second-order valence-electron chi connectivity index (χ2n) is 4.30. The van der Waals surface area contributed by atoms with E-state index in [-0.39, 0.29) is 5.75 Å². The van der Waals surface area contributed by atoms with Gasteiger partial charge in [0.2, 0.25) is 10.0 Å². The number of pyridine rings is 1. The SMILES string of the molecule is CCNCCCS(=O)(=O)Nc1cc(C)cc(C)n1. The first-order valence-electron chi connectivity index (χ1n) is 6.09. The van der Waals surface area contributed by atoms with E-state index < -0.39 is 10.0 Å². The zero-order valence-electron chi connectivity index (χ0n) is 11.2. The molecule has 1 rings (SSSR count). The molecule has 0 saturated carbocycles. The van der Waals surface area contributed by atoms with E-state index in [1.165, 1.54) is 0 Å². The Morgan fingerprint density at radius 1 is 1.28 bits per heavy atom. The molecule has 0 aliphatic rings. The standard InChI is InChI=1S/C12H21N3O2S/c1-4-13-6-5-7-18(16,17)15-12-9-10(2)8-11(3)14-12/h8-9,13H,4-7H2,1-3H3,(H,14,15). The van der Waals surface area contributed by atoms with E-state index in [1.54, 1.807) is 6.07 Å². The fourth-order valence-corrected chi connectivity index (χ4v) is 2.72. The van der Waals surface area contributed by atoms with Crippen molar-refractivity contribution in [2.75, 3.05) is 23.6 Å². The molecule has 0 saturated heterocycles. The van der Waals surface area contributed by atoms with E-state index in [1.807, 2.05) is 26.8 Å². The first-order chi connectivity index (χ1) is 8.43. The van der Waals surface area contributed by atoms with Crippen molar-refractivity contribution < 1.29 is 8.42 Å². The molecule has 0 fully saturated rings. The van der Waals surface area contributed by atoms with Crippen LogP contribution in [0.5, 0.6) is 0 Å². The van der Waals surface area contributed by atoms with Crippen LogP contribution in [0.15, 0.2) is 12.1 Å². The van der Waals surface area contributed by atoms with E-state index in [4.69, 9.17) is 0 Å². The van der Waals surface area contributed by atoms with Crippen LogP contribution in [0.3, 0.4) is 0 Å². The summed E-state index contributed by atoms with van der Waals surface area (Å²) in [4.78, 5) is 4.16. The quantitative estimate of drug-likeness (QED) is 0.736. The fraction of sp³-hybridized carbons (Fsp3) is 0.583. The summed E-state index contributed by atoms with van der Waals surface area (Å²) in [6.07, 6.45) is 0.591. The molecule has 0 aromatic carbocycles. The number of sulfonamides is 1. The molecule has 0 atom stereocenters. The molecule has 0 unspecified atom stereocenters. The fourth-order valence-electron chi connectivity index (χ4n) is 1.67. The van der Waals surface area contributed by atoms with E-state index in [0.717, 1.165) is 17.8 Å². The van der Waals surface area contributed by atoms with Crippen molar-refractivity contribution in [1.82, 2.24) is 10.3 Å². The summed E-state index contributed by atoms with van der Waals surface area (Å²) in [5.41, 5.74) is 1.80. The molecule has 0 spiro atoms. The van der Waals surface area contributed by atoms with Gasteiger partial charge in [-0.3, -0.25) is 4.72 Å². The lowest BCUT2D eigenvalue weighted by Gasteiger charge is -2.09. The summed E-state index contributed by atoms with van der Waals surface area (Å²) >= 11 is 0. The maximum atomic E-state index is 11.8. The summed E-state index contributed by atoms with van der Waals surface area (Å²) < 4.78 is 26.1. The molecule has 1 aromatic heterocycles. The highest BCUT2D eigenvalue weighted by Gasteiger charge is 2.11. The number of nitrogens with one attached hydrogen (secondary N) is 2. The summed E-state index contributed by atoms with van der Waals surface area (Å²) in [7, 11) is -3.30. The maximum Gasteiger partial charge on any atom is 0.233 e. The predicted molar refractivity (Wildman–Crippen MR) is 74.3 cm³/mol. The minimum absolute atomic E-state index is 0.106. The predicted octanol–water partition coefficient (Wildman–Crippen LogP) is 1.44. The van der Waals surface area contributed by atoms with Crippen LogP contribution in [0.25, 0.3) is 0 Å². The van der Waals surface area contributed by atoms with Crippen molar-refractivity contribution in [3.8, 4) is 0 Å². The summed E-state index contributed by atoms with van der Waals surface area (Å²) in [6.45, 7) is 7.31. The molecule has 1 aromatic rings. The van der Waals surface area contributed by atoms with Crippen LogP contribution in [-0.4, -0.2) is 32.2 Å². The van der Waals surface area contributed by atoms with E-state index in [2.05, 4.69) is 15.0 Å². The number of hydrogen-bond acceptors (Lipinski definition) is 4. The molecule has 0 aliphatic carbocycles. The number of hydrogen-bond donors (Lipinski definition) is 2. The zero-order valence-corrected chi connectivity index (χ0v) is 12.0. The normalized spacial score (nSPS) is 11.5. The molecule has 102 valence electrons. The third kappa shape index (κ3) is 5.46. The smallest absolute Gasteiger partial charge is 0.233 e. The van der Waals surface area contributed by atoms with Gasteiger partial charge in [-0.2, -0.15) is 0 Å². The largest absolute Gasteiger partial charge is 0.317 e. The van der Waals surface area contributed by atoms with Crippen LogP contribution in [0, 0.1) is 13.8 Å². The van der Waals surface area contributed by atoms with Crippen molar-refractivity contribution in [2.24, 2.45) is 0 Å². The Bertz CT molecular complexity index is 466. The van der Waals surface area contributed by atoms with Crippen LogP contribution in [0.4, 0.5) is 5.82 Å². The Kier molecular flexibility index (Phi) is 5.55. The first kappa shape index (κ1) is 14.9. The van der Waals surface area contributed by atoms with Gasteiger partial charge in [-0.05, 0) is 51.1 Å². The highest BCUT2D eigenvalue weighted by Crippen LogP contribution is 2.11. The minimum atomic E-state index is -3.30. The average molecular weight is 271 g/mol. The lowest BCUT2D eigenvalue weighted by molar-refractivity contribution is 0.595. The molecular weight excluding hydrogens is 250 g/mol. The summed E-state index contributed by atoms with van der Waals surface area (Å²) in [5, 5.41) is 3.10. The topological polar surface area (TPSA) is 71.1 Å². The van der Waals surface area contributed by atoms with Gasteiger partial charge in [0, 0.05) is 5.69 Å². The molecule has 5 nitrogen and oxygen atoms in total. The van der Waals surface area contributed by atoms with Gasteiger partial charge in [0.25, 0.3) is 0 Å². The van der Waals surface area contributed by atoms with Gasteiger partial charge in [0.15, 0.2) is 0 Å². The molecule has 2 N–H and O–H groups in total. The van der Waals surface area contributed by atoms with E-state index >= 15 is 0 Å². The van der Waals surface area contributed by atoms with Crippen molar-refractivity contribution >= 4 is 15.8 Å². The monoisotopic (exact) mass is 271 g/mol. The summed E-state index contributed by atoms with van der Waals surface area (Å²) in [6, 6.07) is 3.64. The third-order valence-electron chi connectivity index (χ3n) is 2.37. The second-order valence-corrected chi connectivity index (χ2v) is 6.14. The van der Waals surface area contributed by atoms with E-state index in [0.29, 0.717) is 18.8 Å². The lowest BCUT2D eigenvalue weighted by atomic mass is 10.2. The molecule has 0 radical (unpaired) electrons. The number of anilines is 1. The molecule has 1 heterocycles. The van der Waals surface area contributed by atoms with Gasteiger partial charge < -0.3 is 5.32 Å². The first-order valence-corrected chi connectivity index (χ1v) is 7.74. The van der Waals surface area contributed by atoms with Crippen LogP contribution in [0.1, 0.15) is 24.6 Å². The zero-order chi connectivity index (χ0) is 13.6. The van der Waals surface area contributed by atoms with Gasteiger partial charge in [0.1, 0.15) is 5.82 Å². The van der Waals surface area contributed by atoms with E-state index in [9.17, 15) is 8.42 Å². The Morgan fingerprint density at radius 3 is 2.61 bits per heavy atom. The molecule has 0 bridgehead atoms.